The minimum Gasteiger partial charge on any atom is -0.354 e. The molecule has 0 unspecified atom stereocenters. The minimum atomic E-state index is -3.05. The van der Waals surface area contributed by atoms with E-state index in [4.69, 9.17) is 0 Å². The molecule has 0 heterocycles. The fourth-order valence-electron chi connectivity index (χ4n) is 3.52. The normalized spacial score (nSPS) is 17.7. The lowest BCUT2D eigenvalue weighted by Gasteiger charge is -2.37. The highest BCUT2D eigenvalue weighted by Crippen LogP contribution is 2.41. The van der Waals surface area contributed by atoms with Gasteiger partial charge >= 0.3 is 0 Å². The molecule has 1 aliphatic carbocycles. The molecule has 1 N–H and O–H groups in total. The minimum absolute atomic E-state index is 0.0130. The lowest BCUT2D eigenvalue weighted by molar-refractivity contribution is -0.128. The molecule has 5 heteroatoms. The summed E-state index contributed by atoms with van der Waals surface area (Å²) in [6, 6.07) is 8.05. The SMILES string of the molecule is CCS(=O)(=O)CCNC(=O)C1(c2ccccc2C)CCCCC1. The first-order valence-corrected chi connectivity index (χ1v) is 10.3. The van der Waals surface area contributed by atoms with Crippen LogP contribution < -0.4 is 5.32 Å². The van der Waals surface area contributed by atoms with Crippen molar-refractivity contribution in [2.75, 3.05) is 18.1 Å². The maximum absolute atomic E-state index is 12.9. The third kappa shape index (κ3) is 4.14. The summed E-state index contributed by atoms with van der Waals surface area (Å²) in [5, 5.41) is 2.89. The molecule has 23 heavy (non-hydrogen) atoms. The van der Waals surface area contributed by atoms with E-state index in [0.717, 1.165) is 43.2 Å². The number of sulfone groups is 1. The van der Waals surface area contributed by atoms with Gasteiger partial charge in [0.05, 0.1) is 11.2 Å². The van der Waals surface area contributed by atoms with Gasteiger partial charge in [-0.1, -0.05) is 50.5 Å². The van der Waals surface area contributed by atoms with Gasteiger partial charge in [-0.05, 0) is 30.9 Å². The Morgan fingerprint density at radius 2 is 1.83 bits per heavy atom. The van der Waals surface area contributed by atoms with Crippen LogP contribution in [0.2, 0.25) is 0 Å². The number of hydrogen-bond donors (Lipinski definition) is 1. The summed E-state index contributed by atoms with van der Waals surface area (Å²) in [7, 11) is -3.05. The molecule has 1 saturated carbocycles. The van der Waals surface area contributed by atoms with Gasteiger partial charge < -0.3 is 5.32 Å². The Morgan fingerprint density at radius 3 is 2.43 bits per heavy atom. The second-order valence-electron chi connectivity index (χ2n) is 6.45. The van der Waals surface area contributed by atoms with Gasteiger partial charge in [-0.3, -0.25) is 4.79 Å². The number of carbonyl (C=O) groups excluding carboxylic acids is 1. The smallest absolute Gasteiger partial charge is 0.230 e. The monoisotopic (exact) mass is 337 g/mol. The van der Waals surface area contributed by atoms with Crippen LogP contribution in [0.25, 0.3) is 0 Å². The van der Waals surface area contributed by atoms with Gasteiger partial charge in [0, 0.05) is 12.3 Å². The molecule has 0 aromatic heterocycles. The van der Waals surface area contributed by atoms with Crippen molar-refractivity contribution in [1.29, 1.82) is 0 Å². The Bertz CT molecular complexity index is 646. The molecule has 1 fully saturated rings. The summed E-state index contributed by atoms with van der Waals surface area (Å²) in [4.78, 5) is 12.9. The maximum Gasteiger partial charge on any atom is 0.230 e. The van der Waals surface area contributed by atoms with E-state index < -0.39 is 15.3 Å². The van der Waals surface area contributed by atoms with E-state index >= 15 is 0 Å². The molecule has 2 rings (SSSR count). The van der Waals surface area contributed by atoms with E-state index in [0.29, 0.717) is 0 Å². The molecule has 4 nitrogen and oxygen atoms in total. The molecule has 1 amide bonds. The van der Waals surface area contributed by atoms with Gasteiger partial charge in [-0.2, -0.15) is 0 Å². The van der Waals surface area contributed by atoms with Crippen LogP contribution in [0, 0.1) is 6.92 Å². The van der Waals surface area contributed by atoms with Crippen LogP contribution in [0.5, 0.6) is 0 Å². The average Bonchev–Trinajstić information content (AvgIpc) is 2.55. The van der Waals surface area contributed by atoms with Crippen molar-refractivity contribution in [3.8, 4) is 0 Å². The summed E-state index contributed by atoms with van der Waals surface area (Å²) in [6.07, 6.45) is 4.91. The standard InChI is InChI=1S/C18H27NO3S/c1-3-23(21,22)14-13-19-17(20)18(11-7-4-8-12-18)16-10-6-5-9-15(16)2/h5-6,9-10H,3-4,7-8,11-14H2,1-2H3,(H,19,20). The molecule has 0 bridgehead atoms. The van der Waals surface area contributed by atoms with Gasteiger partial charge in [0.15, 0.2) is 9.84 Å². The quantitative estimate of drug-likeness (QED) is 0.868. The predicted molar refractivity (Wildman–Crippen MR) is 93.3 cm³/mol. The fourth-order valence-corrected chi connectivity index (χ4v) is 4.22. The van der Waals surface area contributed by atoms with Gasteiger partial charge in [0.2, 0.25) is 5.91 Å². The van der Waals surface area contributed by atoms with Gasteiger partial charge in [0.1, 0.15) is 0 Å². The highest BCUT2D eigenvalue weighted by atomic mass is 32.2. The van der Waals surface area contributed by atoms with Crippen molar-refractivity contribution >= 4 is 15.7 Å². The van der Waals surface area contributed by atoms with E-state index in [1.165, 1.54) is 0 Å². The summed E-state index contributed by atoms with van der Waals surface area (Å²) >= 11 is 0. The topological polar surface area (TPSA) is 63.2 Å². The van der Waals surface area contributed by atoms with E-state index in [-0.39, 0.29) is 24.0 Å². The molecular weight excluding hydrogens is 310 g/mol. The van der Waals surface area contributed by atoms with E-state index in [1.54, 1.807) is 6.92 Å². The number of hydrogen-bond acceptors (Lipinski definition) is 3. The molecule has 0 radical (unpaired) electrons. The summed E-state index contributed by atoms with van der Waals surface area (Å²) < 4.78 is 23.2. The Morgan fingerprint density at radius 1 is 1.17 bits per heavy atom. The average molecular weight is 337 g/mol. The predicted octanol–water partition coefficient (Wildman–Crippen LogP) is 2.75. The lowest BCUT2D eigenvalue weighted by atomic mass is 9.67. The van der Waals surface area contributed by atoms with E-state index in [1.807, 2.05) is 31.2 Å². The van der Waals surface area contributed by atoms with Crippen molar-refractivity contribution in [3.63, 3.8) is 0 Å². The maximum atomic E-state index is 12.9. The molecule has 1 aromatic carbocycles. The number of aryl methyl sites for hydroxylation is 1. The van der Waals surface area contributed by atoms with E-state index in [2.05, 4.69) is 5.32 Å². The summed E-state index contributed by atoms with van der Waals surface area (Å²) in [6.45, 7) is 3.87. The van der Waals surface area contributed by atoms with Crippen LogP contribution in [0.4, 0.5) is 0 Å². The molecule has 1 aliphatic rings. The molecule has 1 aromatic rings. The van der Waals surface area contributed by atoms with Gasteiger partial charge in [-0.25, -0.2) is 8.42 Å². The van der Waals surface area contributed by atoms with Crippen LogP contribution in [-0.4, -0.2) is 32.4 Å². The molecule has 0 atom stereocenters. The zero-order valence-electron chi connectivity index (χ0n) is 14.1. The summed E-state index contributed by atoms with van der Waals surface area (Å²) in [5.74, 6) is 0.114. The number of rotatable bonds is 6. The first-order chi connectivity index (χ1) is 10.9. The third-order valence-corrected chi connectivity index (χ3v) is 6.65. The Kier molecular flexibility index (Phi) is 5.84. The number of nitrogens with one attached hydrogen (secondary N) is 1. The van der Waals surface area contributed by atoms with E-state index in [9.17, 15) is 13.2 Å². The highest BCUT2D eigenvalue weighted by molar-refractivity contribution is 7.91. The number of carbonyl (C=O) groups is 1. The lowest BCUT2D eigenvalue weighted by Crippen LogP contribution is -2.47. The Balaban J connectivity index is 2.18. The molecule has 0 saturated heterocycles. The van der Waals surface area contributed by atoms with Crippen LogP contribution >= 0.6 is 0 Å². The zero-order chi connectivity index (χ0) is 16.9. The van der Waals surface area contributed by atoms with Crippen molar-refractivity contribution in [3.05, 3.63) is 35.4 Å². The molecule has 0 aliphatic heterocycles. The van der Waals surface area contributed by atoms with Gasteiger partial charge in [-0.15, -0.1) is 0 Å². The van der Waals surface area contributed by atoms with Crippen LogP contribution in [-0.2, 0) is 20.0 Å². The van der Waals surface area contributed by atoms with Crippen LogP contribution in [0.15, 0.2) is 24.3 Å². The first-order valence-electron chi connectivity index (χ1n) is 8.46. The molecule has 128 valence electrons. The molecule has 0 spiro atoms. The summed E-state index contributed by atoms with van der Waals surface area (Å²) in [5.41, 5.74) is 1.72. The van der Waals surface area contributed by atoms with Crippen LogP contribution in [0.3, 0.4) is 0 Å². The first kappa shape index (κ1) is 18.0. The number of benzene rings is 1. The van der Waals surface area contributed by atoms with Gasteiger partial charge in [0.25, 0.3) is 0 Å². The highest BCUT2D eigenvalue weighted by Gasteiger charge is 2.41. The Hall–Kier alpha value is -1.36. The van der Waals surface area contributed by atoms with Crippen LogP contribution in [0.1, 0.15) is 50.2 Å². The van der Waals surface area contributed by atoms with Crippen molar-refractivity contribution in [2.45, 2.75) is 51.4 Å². The largest absolute Gasteiger partial charge is 0.354 e. The fraction of sp³-hybridized carbons (Fsp3) is 0.611. The second kappa shape index (κ2) is 7.47. The third-order valence-electron chi connectivity index (χ3n) is 4.94. The van der Waals surface area contributed by atoms with Crippen molar-refractivity contribution in [1.82, 2.24) is 5.32 Å². The Labute approximate surface area is 139 Å². The zero-order valence-corrected chi connectivity index (χ0v) is 14.9. The van der Waals surface area contributed by atoms with Crippen molar-refractivity contribution in [2.24, 2.45) is 0 Å². The molecular formula is C18H27NO3S. The second-order valence-corrected chi connectivity index (χ2v) is 8.92. The van der Waals surface area contributed by atoms with Crippen molar-refractivity contribution < 1.29 is 13.2 Å². The number of amides is 1.